The first-order valence-corrected chi connectivity index (χ1v) is 13.2. The molecule has 0 spiro atoms. The standard InChI is InChI=1S/C29H19Cl3N4O3/c1-15-25(27(37)34-36-28(38)20-6-2-4-16-5-3-7-21(24(16)20)29(36)39)33-35(23-13-12-19(31)14-22(23)32)26(15)17-8-10-18(30)11-9-17/h2-15,26H,1H3,(H,34,37)/t15-,26+/m1/s1. The van der Waals surface area contributed by atoms with Crippen molar-refractivity contribution in [3.63, 3.8) is 0 Å². The lowest BCUT2D eigenvalue weighted by atomic mass is 9.91. The zero-order valence-electron chi connectivity index (χ0n) is 20.4. The number of hydrazine groups is 1. The van der Waals surface area contributed by atoms with Crippen molar-refractivity contribution in [1.82, 2.24) is 10.4 Å². The van der Waals surface area contributed by atoms with E-state index in [1.807, 2.05) is 31.2 Å². The monoisotopic (exact) mass is 576 g/mol. The summed E-state index contributed by atoms with van der Waals surface area (Å²) in [5.74, 6) is -2.36. The van der Waals surface area contributed by atoms with Gasteiger partial charge >= 0.3 is 0 Å². The summed E-state index contributed by atoms with van der Waals surface area (Å²) in [7, 11) is 0. The maximum Gasteiger partial charge on any atom is 0.286 e. The number of benzene rings is 4. The summed E-state index contributed by atoms with van der Waals surface area (Å²) in [6.07, 6.45) is 0. The molecule has 0 saturated heterocycles. The third kappa shape index (κ3) is 4.23. The topological polar surface area (TPSA) is 82.1 Å². The van der Waals surface area contributed by atoms with Crippen LogP contribution >= 0.6 is 34.8 Å². The average molecular weight is 578 g/mol. The van der Waals surface area contributed by atoms with E-state index >= 15 is 0 Å². The van der Waals surface area contributed by atoms with Gasteiger partial charge in [0.15, 0.2) is 0 Å². The second kappa shape index (κ2) is 9.68. The first-order chi connectivity index (χ1) is 18.7. The lowest BCUT2D eigenvalue weighted by molar-refractivity contribution is -0.118. The Kier molecular flexibility index (Phi) is 6.30. The Morgan fingerprint density at radius 3 is 2.08 bits per heavy atom. The number of nitrogens with zero attached hydrogens (tertiary/aromatic N) is 3. The fourth-order valence-electron chi connectivity index (χ4n) is 5.13. The number of rotatable bonds is 4. The highest BCUT2D eigenvalue weighted by molar-refractivity contribution is 6.42. The SMILES string of the molecule is C[C@@H]1C(C(=O)NN2C(=O)c3cccc4cccc(c34)C2=O)=NN(c2ccc(Cl)cc2Cl)[C@@H]1c1ccc(Cl)cc1. The number of halogens is 3. The molecule has 0 unspecified atom stereocenters. The van der Waals surface area contributed by atoms with Crippen LogP contribution in [0.1, 0.15) is 39.2 Å². The van der Waals surface area contributed by atoms with E-state index in [0.29, 0.717) is 37.3 Å². The summed E-state index contributed by atoms with van der Waals surface area (Å²) >= 11 is 18.8. The molecule has 2 aliphatic heterocycles. The average Bonchev–Trinajstić information content (AvgIpc) is 3.26. The van der Waals surface area contributed by atoms with Crippen molar-refractivity contribution in [3.05, 3.63) is 111 Å². The van der Waals surface area contributed by atoms with Gasteiger partial charge in [0.25, 0.3) is 17.7 Å². The molecule has 6 rings (SSSR count). The van der Waals surface area contributed by atoms with Gasteiger partial charge < -0.3 is 0 Å². The number of amides is 3. The van der Waals surface area contributed by atoms with Gasteiger partial charge in [0.1, 0.15) is 5.71 Å². The summed E-state index contributed by atoms with van der Waals surface area (Å²) in [5.41, 5.74) is 4.69. The second-order valence-corrected chi connectivity index (χ2v) is 10.6. The van der Waals surface area contributed by atoms with Crippen molar-refractivity contribution >= 4 is 74.7 Å². The molecule has 7 nitrogen and oxygen atoms in total. The maximum absolute atomic E-state index is 13.6. The minimum atomic E-state index is -0.678. The van der Waals surface area contributed by atoms with Gasteiger partial charge in [-0.1, -0.05) is 78.1 Å². The molecule has 0 saturated carbocycles. The highest BCUT2D eigenvalue weighted by atomic mass is 35.5. The Labute approximate surface area is 238 Å². The molecule has 3 amide bonds. The molecule has 2 heterocycles. The van der Waals surface area contributed by atoms with Crippen LogP contribution in [0.4, 0.5) is 5.69 Å². The highest BCUT2D eigenvalue weighted by Crippen LogP contribution is 2.42. The smallest absolute Gasteiger partial charge is 0.267 e. The summed E-state index contributed by atoms with van der Waals surface area (Å²) < 4.78 is 0. The molecule has 194 valence electrons. The van der Waals surface area contributed by atoms with Crippen LogP contribution in [0, 0.1) is 5.92 Å². The summed E-state index contributed by atoms with van der Waals surface area (Å²) in [4.78, 5) is 40.3. The molecular formula is C29H19Cl3N4O3. The van der Waals surface area contributed by atoms with Gasteiger partial charge in [-0.05, 0) is 53.4 Å². The summed E-state index contributed by atoms with van der Waals surface area (Å²) in [5, 5.41) is 9.76. The fraction of sp³-hybridized carbons (Fsp3) is 0.103. The van der Waals surface area contributed by atoms with Gasteiger partial charge in [-0.15, -0.1) is 0 Å². The lowest BCUT2D eigenvalue weighted by Gasteiger charge is -2.28. The molecular weight excluding hydrogens is 559 g/mol. The van der Waals surface area contributed by atoms with Gasteiger partial charge in [-0.2, -0.15) is 10.1 Å². The normalized spacial score (nSPS) is 18.5. The molecule has 2 aliphatic rings. The number of nitrogens with one attached hydrogen (secondary N) is 1. The van der Waals surface area contributed by atoms with Gasteiger partial charge in [-0.3, -0.25) is 24.8 Å². The molecule has 4 aromatic rings. The van der Waals surface area contributed by atoms with E-state index in [4.69, 9.17) is 34.8 Å². The van der Waals surface area contributed by atoms with Crippen molar-refractivity contribution in [2.24, 2.45) is 11.0 Å². The van der Waals surface area contributed by atoms with Crippen LogP contribution in [0.3, 0.4) is 0 Å². The fourth-order valence-corrected chi connectivity index (χ4v) is 5.76. The minimum Gasteiger partial charge on any atom is -0.267 e. The van der Waals surface area contributed by atoms with Gasteiger partial charge in [0.05, 0.1) is 27.9 Å². The zero-order valence-corrected chi connectivity index (χ0v) is 22.6. The molecule has 10 heteroatoms. The second-order valence-electron chi connectivity index (χ2n) is 9.31. The zero-order chi connectivity index (χ0) is 27.4. The molecule has 0 aromatic heterocycles. The van der Waals surface area contributed by atoms with Crippen molar-refractivity contribution in [2.75, 3.05) is 5.01 Å². The van der Waals surface area contributed by atoms with E-state index < -0.39 is 29.7 Å². The Morgan fingerprint density at radius 2 is 1.46 bits per heavy atom. The predicted molar refractivity (Wildman–Crippen MR) is 152 cm³/mol. The van der Waals surface area contributed by atoms with Gasteiger partial charge in [0.2, 0.25) is 0 Å². The van der Waals surface area contributed by atoms with E-state index in [2.05, 4.69) is 10.5 Å². The number of hydrazone groups is 1. The third-order valence-corrected chi connectivity index (χ3v) is 7.76. The number of hydrogen-bond donors (Lipinski definition) is 1. The number of anilines is 1. The van der Waals surface area contributed by atoms with Gasteiger partial charge in [-0.25, -0.2) is 0 Å². The highest BCUT2D eigenvalue weighted by Gasteiger charge is 2.42. The molecule has 1 N–H and O–H groups in total. The van der Waals surface area contributed by atoms with Crippen LogP contribution in [0.2, 0.25) is 15.1 Å². The van der Waals surface area contributed by atoms with Crippen LogP contribution < -0.4 is 10.4 Å². The van der Waals surface area contributed by atoms with Crippen LogP contribution in [0.5, 0.6) is 0 Å². The number of carbonyl (C=O) groups is 3. The summed E-state index contributed by atoms with van der Waals surface area (Å²) in [6.45, 7) is 1.84. The Balaban J connectivity index is 1.37. The first-order valence-electron chi connectivity index (χ1n) is 12.0. The molecule has 0 fully saturated rings. The number of carbonyl (C=O) groups excluding carboxylic acids is 3. The van der Waals surface area contributed by atoms with Crippen LogP contribution in [-0.4, -0.2) is 28.4 Å². The van der Waals surface area contributed by atoms with E-state index in [1.54, 1.807) is 59.6 Å². The van der Waals surface area contributed by atoms with Crippen molar-refractivity contribution in [3.8, 4) is 0 Å². The Hall–Kier alpha value is -3.91. The molecule has 4 aromatic carbocycles. The lowest BCUT2D eigenvalue weighted by Crippen LogP contribution is -2.53. The van der Waals surface area contributed by atoms with E-state index in [0.717, 1.165) is 16.0 Å². The Bertz CT molecular complexity index is 1670. The maximum atomic E-state index is 13.6. The van der Waals surface area contributed by atoms with E-state index in [1.165, 1.54) is 0 Å². The Morgan fingerprint density at radius 1 is 0.846 bits per heavy atom. The third-order valence-electron chi connectivity index (χ3n) is 6.97. The molecule has 0 bridgehead atoms. The quantitative estimate of drug-likeness (QED) is 0.274. The van der Waals surface area contributed by atoms with Crippen LogP contribution in [0.15, 0.2) is 84.0 Å². The number of imide groups is 1. The number of hydrogen-bond acceptors (Lipinski definition) is 5. The van der Waals surface area contributed by atoms with Crippen LogP contribution in [0.25, 0.3) is 10.8 Å². The first kappa shape index (κ1) is 25.4. The van der Waals surface area contributed by atoms with E-state index in [-0.39, 0.29) is 5.71 Å². The van der Waals surface area contributed by atoms with Gasteiger partial charge in [0, 0.05) is 21.3 Å². The largest absolute Gasteiger partial charge is 0.286 e. The molecule has 2 atom stereocenters. The van der Waals surface area contributed by atoms with Crippen molar-refractivity contribution in [1.29, 1.82) is 0 Å². The van der Waals surface area contributed by atoms with Crippen molar-refractivity contribution < 1.29 is 14.4 Å². The molecule has 39 heavy (non-hydrogen) atoms. The summed E-state index contributed by atoms with van der Waals surface area (Å²) in [6, 6.07) is 22.2. The molecule has 0 aliphatic carbocycles. The van der Waals surface area contributed by atoms with Crippen LogP contribution in [-0.2, 0) is 4.79 Å². The predicted octanol–water partition coefficient (Wildman–Crippen LogP) is 6.68. The van der Waals surface area contributed by atoms with E-state index in [9.17, 15) is 14.4 Å². The minimum absolute atomic E-state index is 0.124. The molecule has 0 radical (unpaired) electrons. The van der Waals surface area contributed by atoms with Crippen molar-refractivity contribution in [2.45, 2.75) is 13.0 Å².